The molecule has 0 unspecified atom stereocenters. The molecule has 2 amide bonds. The molecule has 0 saturated carbocycles. The molecule has 3 N–H and O–H groups in total. The van der Waals surface area contributed by atoms with Gasteiger partial charge >= 0.3 is 6.09 Å². The lowest BCUT2D eigenvalue weighted by atomic mass is 10.1. The normalized spacial score (nSPS) is 16.4. The van der Waals surface area contributed by atoms with Gasteiger partial charge in [-0.3, -0.25) is 4.79 Å². The van der Waals surface area contributed by atoms with E-state index in [4.69, 9.17) is 27.9 Å². The number of aromatic nitrogens is 4. The first-order valence-electron chi connectivity index (χ1n) is 13.1. The molecule has 1 saturated heterocycles. The molecule has 1 aliphatic rings. The summed E-state index contributed by atoms with van der Waals surface area (Å²) in [5.74, 6) is 1.09. The molecule has 5 rings (SSSR count). The number of carbonyl (C=O) groups is 2. The molecule has 12 heteroatoms. The fraction of sp³-hybridized carbons (Fsp3) is 0.393. The Morgan fingerprint density at radius 3 is 2.75 bits per heavy atom. The second-order valence-electron chi connectivity index (χ2n) is 10.9. The maximum absolute atomic E-state index is 13.6. The van der Waals surface area contributed by atoms with Crippen molar-refractivity contribution in [2.45, 2.75) is 58.2 Å². The standard InChI is InChI=1S/C28H31Cl2N7O3/c1-15(24-35-21-8-7-16(29)10-23(21)36-24)34-25-19-11-20(30)18(12-22(19)32-14-33-25)26(38)37-9-5-6-17(37)13-31-27(39)40-28(2,3)4/h7-8,10-12,14-15,17H,5-6,9,13H2,1-4H3,(H,31,39)(H,35,36)(H,32,33,34)/t15-,17-/m0/s1. The molecule has 2 aromatic carbocycles. The molecule has 40 heavy (non-hydrogen) atoms. The highest BCUT2D eigenvalue weighted by Crippen LogP contribution is 2.31. The van der Waals surface area contributed by atoms with Crippen LogP contribution in [-0.2, 0) is 4.74 Å². The number of rotatable bonds is 6. The van der Waals surface area contributed by atoms with Gasteiger partial charge in [0.1, 0.15) is 23.6 Å². The van der Waals surface area contributed by atoms with Crippen LogP contribution >= 0.6 is 23.2 Å². The van der Waals surface area contributed by atoms with Gasteiger partial charge in [-0.25, -0.2) is 19.7 Å². The number of hydrogen-bond acceptors (Lipinski definition) is 7. The average Bonchev–Trinajstić information content (AvgIpc) is 3.53. The number of alkyl carbamates (subject to hydrolysis) is 1. The molecule has 0 radical (unpaired) electrons. The summed E-state index contributed by atoms with van der Waals surface area (Å²) in [4.78, 5) is 44.2. The lowest BCUT2D eigenvalue weighted by molar-refractivity contribution is 0.0501. The van der Waals surface area contributed by atoms with Crippen molar-refractivity contribution in [3.05, 3.63) is 58.1 Å². The van der Waals surface area contributed by atoms with E-state index in [0.717, 1.165) is 29.7 Å². The van der Waals surface area contributed by atoms with E-state index >= 15 is 0 Å². The molecular formula is C28H31Cl2N7O3. The van der Waals surface area contributed by atoms with E-state index in [1.54, 1.807) is 43.9 Å². The summed E-state index contributed by atoms with van der Waals surface area (Å²) in [6, 6.07) is 8.52. The number of aromatic amines is 1. The number of carbonyl (C=O) groups excluding carboxylic acids is 2. The summed E-state index contributed by atoms with van der Waals surface area (Å²) >= 11 is 12.8. The van der Waals surface area contributed by atoms with Crippen molar-refractivity contribution in [2.24, 2.45) is 0 Å². The van der Waals surface area contributed by atoms with Gasteiger partial charge < -0.3 is 25.3 Å². The van der Waals surface area contributed by atoms with Gasteiger partial charge in [-0.1, -0.05) is 23.2 Å². The number of amides is 2. The highest BCUT2D eigenvalue weighted by atomic mass is 35.5. The highest BCUT2D eigenvalue weighted by Gasteiger charge is 2.31. The van der Waals surface area contributed by atoms with Crippen molar-refractivity contribution in [2.75, 3.05) is 18.4 Å². The molecule has 2 aromatic heterocycles. The Bertz CT molecular complexity index is 1580. The first kappa shape index (κ1) is 27.9. The zero-order valence-electron chi connectivity index (χ0n) is 22.7. The number of ether oxygens (including phenoxy) is 1. The average molecular weight is 585 g/mol. The number of imidazole rings is 1. The summed E-state index contributed by atoms with van der Waals surface area (Å²) in [5.41, 5.74) is 1.99. The van der Waals surface area contributed by atoms with Crippen LogP contribution < -0.4 is 10.6 Å². The van der Waals surface area contributed by atoms with Crippen LogP contribution in [0.2, 0.25) is 10.0 Å². The largest absolute Gasteiger partial charge is 0.444 e. The molecule has 0 bridgehead atoms. The lowest BCUT2D eigenvalue weighted by Gasteiger charge is -2.26. The van der Waals surface area contributed by atoms with Crippen LogP contribution in [0.25, 0.3) is 21.9 Å². The maximum atomic E-state index is 13.6. The van der Waals surface area contributed by atoms with Gasteiger partial charge in [-0.2, -0.15) is 0 Å². The van der Waals surface area contributed by atoms with Crippen molar-refractivity contribution < 1.29 is 14.3 Å². The third-order valence-electron chi connectivity index (χ3n) is 6.70. The Morgan fingerprint density at radius 1 is 1.18 bits per heavy atom. The number of H-pyrrole nitrogens is 1. The van der Waals surface area contributed by atoms with Gasteiger partial charge in [0.15, 0.2) is 0 Å². The predicted molar refractivity (Wildman–Crippen MR) is 156 cm³/mol. The Labute approximate surface area is 241 Å². The number of fused-ring (bicyclic) bond motifs is 2. The number of hydrogen-bond donors (Lipinski definition) is 3. The first-order valence-corrected chi connectivity index (χ1v) is 13.9. The van der Waals surface area contributed by atoms with Crippen LogP contribution in [0.3, 0.4) is 0 Å². The quantitative estimate of drug-likeness (QED) is 0.250. The summed E-state index contributed by atoms with van der Waals surface area (Å²) in [6.07, 6.45) is 2.55. The molecule has 1 fully saturated rings. The second-order valence-corrected chi connectivity index (χ2v) is 11.7. The van der Waals surface area contributed by atoms with Gasteiger partial charge in [0, 0.05) is 29.5 Å². The van der Waals surface area contributed by atoms with E-state index in [1.807, 2.05) is 19.1 Å². The van der Waals surface area contributed by atoms with Gasteiger partial charge in [0.05, 0.1) is 33.2 Å². The number of nitrogens with zero attached hydrogens (tertiary/aromatic N) is 4. The lowest BCUT2D eigenvalue weighted by Crippen LogP contribution is -2.44. The number of benzene rings is 2. The summed E-state index contributed by atoms with van der Waals surface area (Å²) in [7, 11) is 0. The third kappa shape index (κ3) is 6.08. The Hall–Kier alpha value is -3.63. The fourth-order valence-corrected chi connectivity index (χ4v) is 5.24. The van der Waals surface area contributed by atoms with Crippen LogP contribution in [0.5, 0.6) is 0 Å². The number of likely N-dealkylation sites (tertiary alicyclic amines) is 1. The van der Waals surface area contributed by atoms with Crippen molar-refractivity contribution in [1.29, 1.82) is 0 Å². The Balaban J connectivity index is 1.34. The van der Waals surface area contributed by atoms with E-state index in [1.165, 1.54) is 6.33 Å². The summed E-state index contributed by atoms with van der Waals surface area (Å²) < 4.78 is 5.33. The minimum atomic E-state index is -0.596. The number of halogens is 2. The van der Waals surface area contributed by atoms with Gasteiger partial charge in [0.25, 0.3) is 5.91 Å². The fourth-order valence-electron chi connectivity index (χ4n) is 4.82. The molecule has 0 aliphatic carbocycles. The molecule has 10 nitrogen and oxygen atoms in total. The van der Waals surface area contributed by atoms with E-state index in [0.29, 0.717) is 45.4 Å². The second kappa shape index (κ2) is 11.1. The van der Waals surface area contributed by atoms with E-state index in [-0.39, 0.29) is 18.0 Å². The molecular weight excluding hydrogens is 553 g/mol. The van der Waals surface area contributed by atoms with E-state index < -0.39 is 11.7 Å². The minimum absolute atomic E-state index is 0.158. The smallest absolute Gasteiger partial charge is 0.407 e. The van der Waals surface area contributed by atoms with Crippen LogP contribution in [-0.4, -0.2) is 61.6 Å². The molecule has 3 heterocycles. The van der Waals surface area contributed by atoms with Crippen molar-refractivity contribution >= 4 is 63.0 Å². The molecule has 210 valence electrons. The predicted octanol–water partition coefficient (Wildman–Crippen LogP) is 6.12. The van der Waals surface area contributed by atoms with Crippen LogP contribution in [0.4, 0.5) is 10.6 Å². The monoisotopic (exact) mass is 583 g/mol. The topological polar surface area (TPSA) is 125 Å². The number of anilines is 1. The molecule has 1 aliphatic heterocycles. The minimum Gasteiger partial charge on any atom is -0.444 e. The zero-order chi connectivity index (χ0) is 28.6. The van der Waals surface area contributed by atoms with Gasteiger partial charge in [-0.05, 0) is 70.9 Å². The van der Waals surface area contributed by atoms with Gasteiger partial charge in [0.2, 0.25) is 0 Å². The third-order valence-corrected chi connectivity index (χ3v) is 7.25. The SMILES string of the molecule is C[C@H](Nc1ncnc2cc(C(=O)N3CCC[C@H]3CNC(=O)OC(C)(C)C)c(Cl)cc12)c1nc2ccc(Cl)cc2[nH]1. The number of nitrogens with one attached hydrogen (secondary N) is 3. The Morgan fingerprint density at radius 2 is 1.98 bits per heavy atom. The van der Waals surface area contributed by atoms with Crippen LogP contribution in [0.1, 0.15) is 62.8 Å². The first-order chi connectivity index (χ1) is 19.0. The zero-order valence-corrected chi connectivity index (χ0v) is 24.2. The van der Waals surface area contributed by atoms with Crippen molar-refractivity contribution in [3.63, 3.8) is 0 Å². The molecule has 0 spiro atoms. The van der Waals surface area contributed by atoms with Gasteiger partial charge in [-0.15, -0.1) is 0 Å². The summed E-state index contributed by atoms with van der Waals surface area (Å²) in [6.45, 7) is 8.25. The van der Waals surface area contributed by atoms with Crippen LogP contribution in [0.15, 0.2) is 36.7 Å². The molecule has 4 aromatic rings. The highest BCUT2D eigenvalue weighted by molar-refractivity contribution is 6.35. The van der Waals surface area contributed by atoms with Crippen molar-refractivity contribution in [1.82, 2.24) is 30.2 Å². The molecule has 2 atom stereocenters. The van der Waals surface area contributed by atoms with Crippen molar-refractivity contribution in [3.8, 4) is 0 Å². The van der Waals surface area contributed by atoms with Crippen LogP contribution in [0, 0.1) is 0 Å². The Kier molecular flexibility index (Phi) is 7.74. The van der Waals surface area contributed by atoms with E-state index in [9.17, 15) is 9.59 Å². The summed E-state index contributed by atoms with van der Waals surface area (Å²) in [5, 5.41) is 7.76. The van der Waals surface area contributed by atoms with E-state index in [2.05, 4.69) is 30.6 Å². The maximum Gasteiger partial charge on any atom is 0.407 e.